The molecule has 3 N–H and O–H groups in total. The van der Waals surface area contributed by atoms with Gasteiger partial charge >= 0.3 is 0 Å². The Kier molecular flexibility index (Phi) is 2.36. The molecule has 0 saturated carbocycles. The van der Waals surface area contributed by atoms with Gasteiger partial charge in [0.05, 0.1) is 0 Å². The van der Waals surface area contributed by atoms with Crippen LogP contribution in [0.2, 0.25) is 0 Å². The van der Waals surface area contributed by atoms with Gasteiger partial charge in [-0.25, -0.2) is 0 Å². The summed E-state index contributed by atoms with van der Waals surface area (Å²) < 4.78 is 0. The summed E-state index contributed by atoms with van der Waals surface area (Å²) in [6.45, 7) is 0.924. The first-order valence-corrected chi connectivity index (χ1v) is 3.94. The van der Waals surface area contributed by atoms with Gasteiger partial charge in [0.15, 0.2) is 0 Å². The van der Waals surface area contributed by atoms with Gasteiger partial charge in [-0.3, -0.25) is 4.79 Å². The molecule has 1 atom stereocenters. The van der Waals surface area contributed by atoms with E-state index in [-0.39, 0.29) is 5.91 Å². The van der Waals surface area contributed by atoms with E-state index in [0.29, 0.717) is 11.7 Å². The van der Waals surface area contributed by atoms with Gasteiger partial charge < -0.3 is 11.1 Å². The molecule has 0 radical (unpaired) electrons. The van der Waals surface area contributed by atoms with Crippen LogP contribution in [0.15, 0.2) is 0 Å². The van der Waals surface area contributed by atoms with Crippen molar-refractivity contribution in [2.75, 3.05) is 12.4 Å². The zero-order chi connectivity index (χ0) is 6.69. The Balaban J connectivity index is 2.19. The minimum absolute atomic E-state index is 0.198. The molecule has 1 fully saturated rings. The Labute approximate surface area is 58.4 Å². The van der Waals surface area contributed by atoms with Crippen LogP contribution in [0.25, 0.3) is 0 Å². The minimum Gasteiger partial charge on any atom is -0.370 e. The molecule has 4 heteroatoms. The van der Waals surface area contributed by atoms with Crippen molar-refractivity contribution < 1.29 is 4.79 Å². The number of carbonyl (C=O) groups excluding carboxylic acids is 1. The fraction of sp³-hybridized carbons (Fsp3) is 0.800. The first-order chi connectivity index (χ1) is 4.29. The fourth-order valence-corrected chi connectivity index (χ4v) is 1.80. The van der Waals surface area contributed by atoms with Crippen molar-refractivity contribution >= 4 is 17.7 Å². The topological polar surface area (TPSA) is 55.1 Å². The quantitative estimate of drug-likeness (QED) is 0.553. The van der Waals surface area contributed by atoms with Crippen LogP contribution in [0.3, 0.4) is 0 Å². The third-order valence-corrected chi connectivity index (χ3v) is 2.40. The lowest BCUT2D eigenvalue weighted by molar-refractivity contribution is -0.117. The van der Waals surface area contributed by atoms with Crippen molar-refractivity contribution in [3.63, 3.8) is 0 Å². The van der Waals surface area contributed by atoms with E-state index >= 15 is 0 Å². The zero-order valence-electron chi connectivity index (χ0n) is 5.09. The van der Waals surface area contributed by atoms with Crippen molar-refractivity contribution in [3.05, 3.63) is 0 Å². The lowest BCUT2D eigenvalue weighted by atomic mass is 10.3. The van der Waals surface area contributed by atoms with Gasteiger partial charge in [-0.05, 0) is 0 Å². The number of hydrogen-bond acceptors (Lipinski definition) is 3. The van der Waals surface area contributed by atoms with Gasteiger partial charge in [0.2, 0.25) is 5.91 Å². The summed E-state index contributed by atoms with van der Waals surface area (Å²) in [4.78, 5) is 10.3. The van der Waals surface area contributed by atoms with E-state index < -0.39 is 0 Å². The molecule has 1 amide bonds. The highest BCUT2D eigenvalue weighted by molar-refractivity contribution is 8.00. The Morgan fingerprint density at radius 3 is 3.11 bits per heavy atom. The van der Waals surface area contributed by atoms with Gasteiger partial charge in [0.25, 0.3) is 0 Å². The normalized spacial score (nSPS) is 26.4. The zero-order valence-corrected chi connectivity index (χ0v) is 5.91. The molecule has 0 aromatic rings. The number of primary amides is 1. The molecule has 0 aliphatic carbocycles. The maximum absolute atomic E-state index is 10.3. The SMILES string of the molecule is NC(=O)CC1CNCS1. The number of hydrogen-bond donors (Lipinski definition) is 2. The molecule has 1 aliphatic heterocycles. The van der Waals surface area contributed by atoms with Crippen LogP contribution in [-0.4, -0.2) is 23.6 Å². The Hall–Kier alpha value is -0.220. The number of nitrogens with two attached hydrogens (primary N) is 1. The molecule has 1 unspecified atom stereocenters. The number of nitrogens with one attached hydrogen (secondary N) is 1. The molecule has 3 nitrogen and oxygen atoms in total. The van der Waals surface area contributed by atoms with Gasteiger partial charge in [-0.15, -0.1) is 11.8 Å². The van der Waals surface area contributed by atoms with E-state index in [2.05, 4.69) is 5.32 Å². The highest BCUT2D eigenvalue weighted by Gasteiger charge is 2.16. The Morgan fingerprint density at radius 2 is 2.67 bits per heavy atom. The standard InChI is InChI=1S/C5H10N2OS/c6-5(8)1-4-2-7-3-9-4/h4,7H,1-3H2,(H2,6,8). The minimum atomic E-state index is -0.198. The molecular weight excluding hydrogens is 136 g/mol. The summed E-state index contributed by atoms with van der Waals surface area (Å²) in [5.74, 6) is 0.758. The highest BCUT2D eigenvalue weighted by Crippen LogP contribution is 2.16. The van der Waals surface area contributed by atoms with Crippen LogP contribution in [0, 0.1) is 0 Å². The summed E-state index contributed by atoms with van der Waals surface area (Å²) in [5, 5.41) is 3.55. The van der Waals surface area contributed by atoms with E-state index in [9.17, 15) is 4.79 Å². The van der Waals surface area contributed by atoms with Crippen LogP contribution >= 0.6 is 11.8 Å². The number of rotatable bonds is 2. The molecular formula is C5H10N2OS. The summed E-state index contributed by atoms with van der Waals surface area (Å²) in [5.41, 5.74) is 4.99. The fourth-order valence-electron chi connectivity index (χ4n) is 0.811. The molecule has 0 spiro atoms. The maximum atomic E-state index is 10.3. The van der Waals surface area contributed by atoms with E-state index in [0.717, 1.165) is 12.4 Å². The lowest BCUT2D eigenvalue weighted by Gasteiger charge is -2.01. The monoisotopic (exact) mass is 146 g/mol. The smallest absolute Gasteiger partial charge is 0.218 e. The third-order valence-electron chi connectivity index (χ3n) is 1.22. The largest absolute Gasteiger partial charge is 0.370 e. The van der Waals surface area contributed by atoms with Crippen molar-refractivity contribution in [2.45, 2.75) is 11.7 Å². The second-order valence-corrected chi connectivity index (χ2v) is 3.35. The van der Waals surface area contributed by atoms with Crippen molar-refractivity contribution in [1.82, 2.24) is 5.32 Å². The summed E-state index contributed by atoms with van der Waals surface area (Å²) in [6.07, 6.45) is 0.512. The molecule has 0 aromatic carbocycles. The van der Waals surface area contributed by atoms with Gasteiger partial charge in [0, 0.05) is 24.1 Å². The second-order valence-electron chi connectivity index (χ2n) is 2.06. The highest BCUT2D eigenvalue weighted by atomic mass is 32.2. The van der Waals surface area contributed by atoms with Crippen molar-refractivity contribution in [2.24, 2.45) is 5.73 Å². The van der Waals surface area contributed by atoms with Crippen molar-refractivity contribution in [1.29, 1.82) is 0 Å². The van der Waals surface area contributed by atoms with Crippen LogP contribution in [0.1, 0.15) is 6.42 Å². The molecule has 1 saturated heterocycles. The van der Waals surface area contributed by atoms with E-state index in [1.165, 1.54) is 0 Å². The van der Waals surface area contributed by atoms with Crippen LogP contribution in [0.4, 0.5) is 0 Å². The molecule has 0 bridgehead atoms. The van der Waals surface area contributed by atoms with Gasteiger partial charge in [-0.1, -0.05) is 0 Å². The van der Waals surface area contributed by atoms with Crippen LogP contribution in [0.5, 0.6) is 0 Å². The maximum Gasteiger partial charge on any atom is 0.218 e. The molecule has 1 heterocycles. The summed E-state index contributed by atoms with van der Waals surface area (Å²) in [6, 6.07) is 0. The van der Waals surface area contributed by atoms with E-state index in [4.69, 9.17) is 5.73 Å². The predicted octanol–water partition coefficient (Wildman–Crippen LogP) is -0.476. The third kappa shape index (κ3) is 2.24. The Morgan fingerprint density at radius 1 is 1.89 bits per heavy atom. The molecule has 1 rings (SSSR count). The van der Waals surface area contributed by atoms with Crippen molar-refractivity contribution in [3.8, 4) is 0 Å². The van der Waals surface area contributed by atoms with Gasteiger partial charge in [-0.2, -0.15) is 0 Å². The first-order valence-electron chi connectivity index (χ1n) is 2.89. The average molecular weight is 146 g/mol. The number of carbonyl (C=O) groups is 1. The first kappa shape index (κ1) is 6.89. The van der Waals surface area contributed by atoms with Crippen LogP contribution in [-0.2, 0) is 4.79 Å². The van der Waals surface area contributed by atoms with E-state index in [1.54, 1.807) is 11.8 Å². The van der Waals surface area contributed by atoms with Gasteiger partial charge in [0.1, 0.15) is 0 Å². The number of thioether (sulfide) groups is 1. The molecule has 1 aliphatic rings. The molecule has 52 valence electrons. The summed E-state index contributed by atoms with van der Waals surface area (Å²) >= 11 is 1.76. The number of amides is 1. The predicted molar refractivity (Wildman–Crippen MR) is 38.1 cm³/mol. The van der Waals surface area contributed by atoms with E-state index in [1.807, 2.05) is 0 Å². The molecule has 0 aromatic heterocycles. The second kappa shape index (κ2) is 3.08. The average Bonchev–Trinajstić information content (AvgIpc) is 2.15. The van der Waals surface area contributed by atoms with Crippen LogP contribution < -0.4 is 11.1 Å². The lowest BCUT2D eigenvalue weighted by Crippen LogP contribution is -2.20. The summed E-state index contributed by atoms with van der Waals surface area (Å²) in [7, 11) is 0. The Bertz CT molecular complexity index is 112. The molecule has 9 heavy (non-hydrogen) atoms.